The first-order chi connectivity index (χ1) is 8.45. The molecule has 0 aliphatic carbocycles. The van der Waals surface area contributed by atoms with Gasteiger partial charge in [0.25, 0.3) is 0 Å². The van der Waals surface area contributed by atoms with E-state index in [2.05, 4.69) is 4.98 Å². The van der Waals surface area contributed by atoms with Crippen molar-refractivity contribution in [2.45, 2.75) is 9.92 Å². The van der Waals surface area contributed by atoms with Gasteiger partial charge >= 0.3 is 0 Å². The second-order valence-electron chi connectivity index (χ2n) is 3.35. The number of hydrogen-bond acceptors (Lipinski definition) is 3. The Balaban J connectivity index is 2.36. The predicted octanol–water partition coefficient (Wildman–Crippen LogP) is 4.40. The molecule has 1 aromatic heterocycles. The Labute approximate surface area is 116 Å². The fraction of sp³-hybridized carbons (Fsp3) is 0. The number of hydrogen-bond donors (Lipinski definition) is 1. The predicted molar refractivity (Wildman–Crippen MR) is 69.2 cm³/mol. The van der Waals surface area contributed by atoms with E-state index in [1.165, 1.54) is 0 Å². The number of aromatic nitrogens is 1. The molecule has 18 heavy (non-hydrogen) atoms. The van der Waals surface area contributed by atoms with Gasteiger partial charge in [-0.3, -0.25) is 0 Å². The van der Waals surface area contributed by atoms with Crippen molar-refractivity contribution in [2.24, 2.45) is 0 Å². The zero-order chi connectivity index (χ0) is 13.3. The van der Waals surface area contributed by atoms with Crippen molar-refractivity contribution < 1.29 is 8.78 Å². The summed E-state index contributed by atoms with van der Waals surface area (Å²) in [4.78, 5) is 4.22. The summed E-state index contributed by atoms with van der Waals surface area (Å²) < 4.78 is 26.4. The first-order valence-corrected chi connectivity index (χ1v) is 6.28. The molecule has 0 saturated carbocycles. The van der Waals surface area contributed by atoms with Gasteiger partial charge < -0.3 is 5.73 Å². The summed E-state index contributed by atoms with van der Waals surface area (Å²) in [5, 5.41) is 0.799. The minimum Gasteiger partial charge on any atom is -0.381 e. The molecule has 0 saturated heterocycles. The Morgan fingerprint density at radius 2 is 1.61 bits per heavy atom. The smallest absolute Gasteiger partial charge is 0.168 e. The van der Waals surface area contributed by atoms with Gasteiger partial charge in [-0.2, -0.15) is 0 Å². The van der Waals surface area contributed by atoms with Crippen molar-refractivity contribution >= 4 is 40.8 Å². The zero-order valence-corrected chi connectivity index (χ0v) is 11.1. The van der Waals surface area contributed by atoms with Gasteiger partial charge in [-0.05, 0) is 18.2 Å². The molecule has 2 N–H and O–H groups in total. The van der Waals surface area contributed by atoms with Crippen molar-refractivity contribution in [1.82, 2.24) is 4.98 Å². The molecule has 94 valence electrons. The van der Waals surface area contributed by atoms with E-state index in [1.807, 2.05) is 0 Å². The molecule has 0 aliphatic rings. The van der Waals surface area contributed by atoms with Gasteiger partial charge in [-0.15, -0.1) is 0 Å². The van der Waals surface area contributed by atoms with Gasteiger partial charge in [-0.25, -0.2) is 13.8 Å². The molecule has 0 amide bonds. The van der Waals surface area contributed by atoms with Crippen LogP contribution in [0.4, 0.5) is 14.6 Å². The maximum atomic E-state index is 13.5. The lowest BCUT2D eigenvalue weighted by Gasteiger charge is -2.05. The van der Waals surface area contributed by atoms with Gasteiger partial charge in [0.2, 0.25) is 0 Å². The van der Waals surface area contributed by atoms with Crippen molar-refractivity contribution in [3.63, 3.8) is 0 Å². The van der Waals surface area contributed by atoms with Crippen molar-refractivity contribution in [3.8, 4) is 0 Å². The molecular weight excluding hydrogens is 301 g/mol. The highest BCUT2D eigenvalue weighted by Gasteiger charge is 2.11. The first kappa shape index (κ1) is 13.4. The van der Waals surface area contributed by atoms with E-state index in [9.17, 15) is 8.78 Å². The summed E-state index contributed by atoms with van der Waals surface area (Å²) >= 11 is 12.6. The molecule has 7 heteroatoms. The maximum Gasteiger partial charge on any atom is 0.168 e. The average molecular weight is 307 g/mol. The van der Waals surface area contributed by atoms with E-state index in [1.54, 1.807) is 18.2 Å². The van der Waals surface area contributed by atoms with Crippen LogP contribution < -0.4 is 5.73 Å². The summed E-state index contributed by atoms with van der Waals surface area (Å²) in [7, 11) is 0. The second kappa shape index (κ2) is 5.30. The summed E-state index contributed by atoms with van der Waals surface area (Å²) in [6, 6.07) is 5.43. The largest absolute Gasteiger partial charge is 0.381 e. The number of nitrogens with zero attached hydrogens (tertiary/aromatic N) is 1. The first-order valence-electron chi connectivity index (χ1n) is 4.71. The monoisotopic (exact) mass is 306 g/mol. The van der Waals surface area contributed by atoms with Gasteiger partial charge in [-0.1, -0.05) is 35.0 Å². The van der Waals surface area contributed by atoms with Crippen LogP contribution in [0.5, 0.6) is 0 Å². The molecular formula is C11H6Cl2F2N2S. The van der Waals surface area contributed by atoms with E-state index in [0.29, 0.717) is 21.0 Å². The van der Waals surface area contributed by atoms with Crippen molar-refractivity contribution in [2.75, 3.05) is 5.73 Å². The summed E-state index contributed by atoms with van der Waals surface area (Å²) in [5.41, 5.74) is 5.28. The van der Waals surface area contributed by atoms with E-state index >= 15 is 0 Å². The molecule has 2 nitrogen and oxygen atoms in total. The van der Waals surface area contributed by atoms with Gasteiger partial charge in [0.05, 0.1) is 0 Å². The van der Waals surface area contributed by atoms with Crippen LogP contribution in [0, 0.1) is 11.6 Å². The Hall–Kier alpha value is -1.04. The third-order valence-electron chi connectivity index (χ3n) is 1.98. The van der Waals surface area contributed by atoms with Crippen LogP contribution >= 0.6 is 35.0 Å². The van der Waals surface area contributed by atoms with Crippen LogP contribution in [-0.4, -0.2) is 4.98 Å². The third kappa shape index (κ3) is 3.04. The number of pyridine rings is 1. The fourth-order valence-corrected chi connectivity index (χ4v) is 2.78. The molecule has 0 atom stereocenters. The third-order valence-corrected chi connectivity index (χ3v) is 3.36. The summed E-state index contributed by atoms with van der Waals surface area (Å²) in [5.74, 6) is -2.03. The molecule has 0 radical (unpaired) electrons. The van der Waals surface area contributed by atoms with Crippen LogP contribution in [0.25, 0.3) is 0 Å². The Morgan fingerprint density at radius 1 is 1.00 bits per heavy atom. The average Bonchev–Trinajstić information content (AvgIpc) is 2.24. The molecule has 0 unspecified atom stereocenters. The Kier molecular flexibility index (Phi) is 3.94. The van der Waals surface area contributed by atoms with E-state index in [0.717, 1.165) is 11.8 Å². The molecule has 0 fully saturated rings. The molecule has 2 rings (SSSR count). The topological polar surface area (TPSA) is 38.9 Å². The van der Waals surface area contributed by atoms with Crippen LogP contribution in [0.2, 0.25) is 10.0 Å². The highest BCUT2D eigenvalue weighted by molar-refractivity contribution is 7.99. The minimum absolute atomic E-state index is 0.0350. The lowest BCUT2D eigenvalue weighted by Crippen LogP contribution is -1.98. The van der Waals surface area contributed by atoms with Crippen molar-refractivity contribution in [1.29, 1.82) is 0 Å². The SMILES string of the molecule is Nc1nc(Sc2cc(Cl)cc(Cl)c2)c(F)cc1F. The van der Waals surface area contributed by atoms with Gasteiger partial charge in [0.15, 0.2) is 17.5 Å². The molecule has 0 spiro atoms. The van der Waals surface area contributed by atoms with Crippen LogP contribution in [0.3, 0.4) is 0 Å². The van der Waals surface area contributed by atoms with Gasteiger partial charge in [0, 0.05) is 21.0 Å². The minimum atomic E-state index is -0.888. The van der Waals surface area contributed by atoms with Crippen LogP contribution in [-0.2, 0) is 0 Å². The molecule has 1 aromatic carbocycles. The van der Waals surface area contributed by atoms with Crippen LogP contribution in [0.15, 0.2) is 34.2 Å². The number of rotatable bonds is 2. The highest BCUT2D eigenvalue weighted by atomic mass is 35.5. The lowest BCUT2D eigenvalue weighted by molar-refractivity contribution is 0.552. The number of halogens is 4. The Morgan fingerprint density at radius 3 is 2.22 bits per heavy atom. The van der Waals surface area contributed by atoms with E-state index in [-0.39, 0.29) is 10.8 Å². The fourth-order valence-electron chi connectivity index (χ4n) is 1.23. The standard InChI is InChI=1S/C11H6Cl2F2N2S/c12-5-1-6(13)3-7(2-5)18-11-9(15)4-8(14)10(16)17-11/h1-4H,(H2,16,17). The summed E-state index contributed by atoms with van der Waals surface area (Å²) in [6.07, 6.45) is 0. The molecule has 1 heterocycles. The second-order valence-corrected chi connectivity index (χ2v) is 5.28. The van der Waals surface area contributed by atoms with Crippen LogP contribution in [0.1, 0.15) is 0 Å². The normalized spacial score (nSPS) is 10.7. The van der Waals surface area contributed by atoms with E-state index < -0.39 is 11.6 Å². The maximum absolute atomic E-state index is 13.5. The summed E-state index contributed by atoms with van der Waals surface area (Å²) in [6.45, 7) is 0. The number of benzene rings is 1. The van der Waals surface area contributed by atoms with E-state index in [4.69, 9.17) is 28.9 Å². The lowest BCUT2D eigenvalue weighted by atomic mass is 10.4. The zero-order valence-electron chi connectivity index (χ0n) is 8.75. The van der Waals surface area contributed by atoms with Crippen molar-refractivity contribution in [3.05, 3.63) is 45.9 Å². The van der Waals surface area contributed by atoms with Gasteiger partial charge in [0.1, 0.15) is 5.03 Å². The Bertz CT molecular complexity index is 588. The highest BCUT2D eigenvalue weighted by Crippen LogP contribution is 2.33. The number of nitrogen functional groups attached to an aromatic ring is 1. The quantitative estimate of drug-likeness (QED) is 0.893. The molecule has 0 aliphatic heterocycles. The number of nitrogens with two attached hydrogens (primary N) is 1. The number of anilines is 1. The molecule has 2 aromatic rings. The molecule has 0 bridgehead atoms.